The first-order valence-electron chi connectivity index (χ1n) is 10.6. The van der Waals surface area contributed by atoms with Gasteiger partial charge in [0.1, 0.15) is 6.10 Å². The lowest BCUT2D eigenvalue weighted by Gasteiger charge is -2.35. The van der Waals surface area contributed by atoms with E-state index < -0.39 is 5.54 Å². The van der Waals surface area contributed by atoms with Crippen molar-refractivity contribution in [3.05, 3.63) is 96.1 Å². The van der Waals surface area contributed by atoms with Crippen LogP contribution in [0.15, 0.2) is 90.0 Å². The van der Waals surface area contributed by atoms with Gasteiger partial charge in [-0.1, -0.05) is 72.8 Å². The van der Waals surface area contributed by atoms with Crippen molar-refractivity contribution in [3.63, 3.8) is 0 Å². The summed E-state index contributed by atoms with van der Waals surface area (Å²) in [5.74, 6) is 0.528. The van der Waals surface area contributed by atoms with Crippen molar-refractivity contribution >= 4 is 11.8 Å². The number of nitrogens with one attached hydrogen (secondary N) is 1. The number of allylic oxidation sites excluding steroid dienone is 3. The third kappa shape index (κ3) is 4.09. The number of rotatable bonds is 6. The Morgan fingerprint density at radius 3 is 2.43 bits per heavy atom. The van der Waals surface area contributed by atoms with Gasteiger partial charge >= 0.3 is 0 Å². The third-order valence-electron chi connectivity index (χ3n) is 5.56. The molecule has 1 unspecified atom stereocenters. The molecule has 2 aromatic carbocycles. The van der Waals surface area contributed by atoms with Gasteiger partial charge in [0.15, 0.2) is 5.54 Å². The molecular formula is C26H28N2O2. The van der Waals surface area contributed by atoms with Crippen LogP contribution in [0, 0.1) is 5.92 Å². The van der Waals surface area contributed by atoms with E-state index >= 15 is 0 Å². The minimum Gasteiger partial charge on any atom is -0.470 e. The predicted molar refractivity (Wildman–Crippen MR) is 120 cm³/mol. The van der Waals surface area contributed by atoms with Gasteiger partial charge in [0, 0.05) is 23.9 Å². The van der Waals surface area contributed by atoms with Gasteiger partial charge in [0.2, 0.25) is 5.90 Å². The number of carbonyl (C=O) groups excluding carboxylic acids is 1. The Balaban J connectivity index is 1.81. The lowest BCUT2D eigenvalue weighted by Crippen LogP contribution is -2.56. The number of benzene rings is 2. The average Bonchev–Trinajstić information content (AvgIpc) is 3.16. The molecule has 1 aliphatic heterocycles. The molecule has 4 rings (SSSR count). The summed E-state index contributed by atoms with van der Waals surface area (Å²) < 4.78 is 6.48. The number of hydrogen-bond acceptors (Lipinski definition) is 3. The van der Waals surface area contributed by atoms with Crippen molar-refractivity contribution in [1.29, 1.82) is 0 Å². The molecule has 2 aliphatic rings. The second-order valence-corrected chi connectivity index (χ2v) is 8.25. The number of hydrogen-bond donors (Lipinski definition) is 1. The fourth-order valence-corrected chi connectivity index (χ4v) is 4.16. The van der Waals surface area contributed by atoms with Crippen LogP contribution in [0.1, 0.15) is 31.4 Å². The van der Waals surface area contributed by atoms with Crippen LogP contribution in [-0.4, -0.2) is 29.5 Å². The SMILES string of the molecule is CC(C)NC(=O)[C@@]1(Cc2ccccc2)N=C(c2ccccc2)O[C@H]1C1C=CC=CC1. The van der Waals surface area contributed by atoms with E-state index in [-0.39, 0.29) is 24.0 Å². The van der Waals surface area contributed by atoms with Crippen molar-refractivity contribution in [2.75, 3.05) is 0 Å². The van der Waals surface area contributed by atoms with Crippen LogP contribution in [0.25, 0.3) is 0 Å². The molecule has 0 radical (unpaired) electrons. The van der Waals surface area contributed by atoms with E-state index in [1.165, 1.54) is 0 Å². The zero-order valence-electron chi connectivity index (χ0n) is 17.5. The maximum absolute atomic E-state index is 13.7. The van der Waals surface area contributed by atoms with E-state index in [9.17, 15) is 4.79 Å². The van der Waals surface area contributed by atoms with Gasteiger partial charge in [-0.15, -0.1) is 0 Å². The first kappa shape index (κ1) is 20.1. The first-order valence-corrected chi connectivity index (χ1v) is 10.6. The number of carbonyl (C=O) groups is 1. The van der Waals surface area contributed by atoms with Gasteiger partial charge in [-0.3, -0.25) is 4.79 Å². The molecule has 30 heavy (non-hydrogen) atoms. The molecule has 154 valence electrons. The van der Waals surface area contributed by atoms with Gasteiger partial charge in [-0.05, 0) is 38.0 Å². The van der Waals surface area contributed by atoms with Gasteiger partial charge in [-0.2, -0.15) is 0 Å². The van der Waals surface area contributed by atoms with Crippen LogP contribution in [0.2, 0.25) is 0 Å². The summed E-state index contributed by atoms with van der Waals surface area (Å²) in [6.45, 7) is 3.95. The van der Waals surface area contributed by atoms with Crippen LogP contribution in [0.4, 0.5) is 0 Å². The van der Waals surface area contributed by atoms with Crippen LogP contribution in [0.5, 0.6) is 0 Å². The van der Waals surface area contributed by atoms with Crippen molar-refractivity contribution in [3.8, 4) is 0 Å². The largest absolute Gasteiger partial charge is 0.470 e. The van der Waals surface area contributed by atoms with Crippen LogP contribution >= 0.6 is 0 Å². The first-order chi connectivity index (χ1) is 14.6. The van der Waals surface area contributed by atoms with Crippen molar-refractivity contribution < 1.29 is 9.53 Å². The Morgan fingerprint density at radius 1 is 1.10 bits per heavy atom. The summed E-state index contributed by atoms with van der Waals surface area (Å²) in [6.07, 6.45) is 9.26. The highest BCUT2D eigenvalue weighted by molar-refractivity contribution is 6.01. The predicted octanol–water partition coefficient (Wildman–Crippen LogP) is 4.47. The van der Waals surface area contributed by atoms with Gasteiger partial charge in [-0.25, -0.2) is 4.99 Å². The molecule has 2 aromatic rings. The molecule has 4 nitrogen and oxygen atoms in total. The van der Waals surface area contributed by atoms with E-state index in [1.807, 2.05) is 86.7 Å². The quantitative estimate of drug-likeness (QED) is 0.778. The topological polar surface area (TPSA) is 50.7 Å². The second-order valence-electron chi connectivity index (χ2n) is 8.25. The Kier molecular flexibility index (Phi) is 5.84. The van der Waals surface area contributed by atoms with Crippen molar-refractivity contribution in [1.82, 2.24) is 5.32 Å². The number of amides is 1. The molecule has 3 atom stereocenters. The highest BCUT2D eigenvalue weighted by Gasteiger charge is 2.54. The number of nitrogens with zero attached hydrogens (tertiary/aromatic N) is 1. The molecular weight excluding hydrogens is 372 g/mol. The summed E-state index contributed by atoms with van der Waals surface area (Å²) in [5.41, 5.74) is 0.931. The zero-order valence-corrected chi connectivity index (χ0v) is 17.5. The number of ether oxygens (including phenoxy) is 1. The molecule has 0 aromatic heterocycles. The molecule has 1 aliphatic carbocycles. The normalized spacial score (nSPS) is 25.1. The van der Waals surface area contributed by atoms with Crippen molar-refractivity contribution in [2.45, 2.75) is 44.4 Å². The van der Waals surface area contributed by atoms with Crippen LogP contribution in [0.3, 0.4) is 0 Å². The minimum atomic E-state index is -1.03. The van der Waals surface area contributed by atoms with Crippen LogP contribution in [-0.2, 0) is 16.0 Å². The summed E-state index contributed by atoms with van der Waals surface area (Å²) in [7, 11) is 0. The Morgan fingerprint density at radius 2 is 1.80 bits per heavy atom. The fourth-order valence-electron chi connectivity index (χ4n) is 4.16. The summed E-state index contributed by atoms with van der Waals surface area (Å²) in [6, 6.07) is 19.9. The molecule has 4 heteroatoms. The van der Waals surface area contributed by atoms with Crippen molar-refractivity contribution in [2.24, 2.45) is 10.9 Å². The lowest BCUT2D eigenvalue weighted by molar-refractivity contribution is -0.130. The second kappa shape index (κ2) is 8.70. The maximum atomic E-state index is 13.7. The van der Waals surface area contributed by atoms with Gasteiger partial charge in [0.05, 0.1) is 0 Å². The molecule has 1 N–H and O–H groups in total. The van der Waals surface area contributed by atoms with Gasteiger partial charge in [0.25, 0.3) is 5.91 Å². The standard InChI is InChI=1S/C26H28N2O2/c1-19(2)27-25(29)26(18-20-12-6-3-7-13-20)23(21-14-8-4-9-15-21)30-24(28-26)22-16-10-5-11-17-22/h3-14,16-17,19,21,23H,15,18H2,1-2H3,(H,27,29)/t21?,23-,26-/m0/s1. The smallest absolute Gasteiger partial charge is 0.252 e. The summed E-state index contributed by atoms with van der Waals surface area (Å²) in [5, 5.41) is 3.12. The molecule has 0 bridgehead atoms. The van der Waals surface area contributed by atoms with E-state index in [4.69, 9.17) is 9.73 Å². The highest BCUT2D eigenvalue weighted by atomic mass is 16.5. The minimum absolute atomic E-state index is 0.0172. The zero-order chi connectivity index (χ0) is 21.0. The fraction of sp³-hybridized carbons (Fsp3) is 0.308. The molecule has 0 saturated carbocycles. The summed E-state index contributed by atoms with van der Waals surface area (Å²) in [4.78, 5) is 18.7. The Hall–Kier alpha value is -3.14. The Labute approximate surface area is 178 Å². The molecule has 0 spiro atoms. The highest BCUT2D eigenvalue weighted by Crippen LogP contribution is 2.39. The third-order valence-corrected chi connectivity index (χ3v) is 5.56. The molecule has 0 fully saturated rings. The average molecular weight is 401 g/mol. The van der Waals surface area contributed by atoms with E-state index in [0.29, 0.717) is 12.3 Å². The van der Waals surface area contributed by atoms with Gasteiger partial charge < -0.3 is 10.1 Å². The summed E-state index contributed by atoms with van der Waals surface area (Å²) >= 11 is 0. The van der Waals surface area contributed by atoms with E-state index in [0.717, 1.165) is 17.5 Å². The lowest BCUT2D eigenvalue weighted by atomic mass is 9.77. The maximum Gasteiger partial charge on any atom is 0.252 e. The number of aliphatic imine (C=N–C) groups is 1. The molecule has 0 saturated heterocycles. The van der Waals surface area contributed by atoms with E-state index in [2.05, 4.69) is 17.5 Å². The Bertz CT molecular complexity index is 963. The van der Waals surface area contributed by atoms with E-state index in [1.54, 1.807) is 0 Å². The molecule has 1 heterocycles. The monoisotopic (exact) mass is 400 g/mol. The molecule has 1 amide bonds. The van der Waals surface area contributed by atoms with Crippen LogP contribution < -0.4 is 5.32 Å².